The van der Waals surface area contributed by atoms with Crippen molar-refractivity contribution < 1.29 is 14.4 Å². The van der Waals surface area contributed by atoms with Crippen LogP contribution in [0.5, 0.6) is 0 Å². The van der Waals surface area contributed by atoms with E-state index in [0.29, 0.717) is 11.4 Å². The molecule has 0 saturated carbocycles. The first-order valence-electron chi connectivity index (χ1n) is 8.86. The van der Waals surface area contributed by atoms with Gasteiger partial charge >= 0.3 is 0 Å². The number of benzene rings is 3. The Bertz CT molecular complexity index is 1110. The third-order valence-electron chi connectivity index (χ3n) is 4.69. The molecule has 4 rings (SSSR count). The van der Waals surface area contributed by atoms with Crippen molar-refractivity contribution in [1.29, 1.82) is 0 Å². The maximum Gasteiger partial charge on any atom is 0.295 e. The molecule has 140 valence electrons. The molecule has 1 fully saturated rings. The number of thioether (sulfide) groups is 1. The predicted molar refractivity (Wildman–Crippen MR) is 113 cm³/mol. The number of carbonyl (C=O) groups is 3. The van der Waals surface area contributed by atoms with Gasteiger partial charge in [0, 0.05) is 12.3 Å². The van der Waals surface area contributed by atoms with Gasteiger partial charge in [0.15, 0.2) is 5.37 Å². The van der Waals surface area contributed by atoms with E-state index in [1.807, 2.05) is 49.4 Å². The van der Waals surface area contributed by atoms with Crippen LogP contribution in [-0.2, 0) is 9.59 Å². The van der Waals surface area contributed by atoms with Gasteiger partial charge in [-0.3, -0.25) is 19.3 Å². The summed E-state index contributed by atoms with van der Waals surface area (Å²) in [5.41, 5.74) is 2.09. The quantitative estimate of drug-likeness (QED) is 0.649. The molecule has 0 aromatic heterocycles. The Morgan fingerprint density at radius 1 is 1.00 bits per heavy atom. The van der Waals surface area contributed by atoms with Crippen LogP contribution in [-0.4, -0.2) is 22.4 Å². The average molecular weight is 390 g/mol. The van der Waals surface area contributed by atoms with Gasteiger partial charge in [-0.05, 0) is 47.8 Å². The summed E-state index contributed by atoms with van der Waals surface area (Å²) < 4.78 is 0. The average Bonchev–Trinajstić information content (AvgIpc) is 2.96. The number of hydrogen-bond acceptors (Lipinski definition) is 4. The van der Waals surface area contributed by atoms with Crippen LogP contribution in [0.4, 0.5) is 16.2 Å². The van der Waals surface area contributed by atoms with Crippen molar-refractivity contribution in [1.82, 2.24) is 0 Å². The fraction of sp³-hybridized carbons (Fsp3) is 0.136. The molecule has 6 heteroatoms. The number of nitrogens with zero attached hydrogens (tertiary/aromatic N) is 2. The lowest BCUT2D eigenvalue weighted by Crippen LogP contribution is -2.44. The topological polar surface area (TPSA) is 57.7 Å². The van der Waals surface area contributed by atoms with E-state index < -0.39 is 11.3 Å². The Hall–Kier alpha value is -3.12. The molecule has 0 radical (unpaired) electrons. The maximum atomic E-state index is 13.2. The number of imide groups is 1. The van der Waals surface area contributed by atoms with Crippen molar-refractivity contribution in [2.24, 2.45) is 0 Å². The summed E-state index contributed by atoms with van der Waals surface area (Å²) in [6.07, 6.45) is 0. The molecule has 1 heterocycles. The lowest BCUT2D eigenvalue weighted by atomic mass is 10.1. The van der Waals surface area contributed by atoms with E-state index in [1.54, 1.807) is 24.3 Å². The van der Waals surface area contributed by atoms with E-state index in [-0.39, 0.29) is 11.1 Å². The van der Waals surface area contributed by atoms with Crippen LogP contribution in [0, 0.1) is 6.92 Å². The van der Waals surface area contributed by atoms with Crippen molar-refractivity contribution >= 4 is 51.0 Å². The molecule has 5 nitrogen and oxygen atoms in total. The molecular weight excluding hydrogens is 372 g/mol. The Kier molecular flexibility index (Phi) is 4.65. The minimum atomic E-state index is -0.934. The van der Waals surface area contributed by atoms with Gasteiger partial charge in [0.05, 0.1) is 11.4 Å². The number of anilines is 2. The third-order valence-corrected chi connectivity index (χ3v) is 5.71. The number of fused-ring (bicyclic) bond motifs is 1. The zero-order chi connectivity index (χ0) is 19.8. The molecule has 1 saturated heterocycles. The normalized spacial score (nSPS) is 16.6. The Morgan fingerprint density at radius 2 is 1.71 bits per heavy atom. The van der Waals surface area contributed by atoms with Crippen molar-refractivity contribution in [2.75, 3.05) is 9.80 Å². The van der Waals surface area contributed by atoms with Gasteiger partial charge < -0.3 is 0 Å². The summed E-state index contributed by atoms with van der Waals surface area (Å²) in [5, 5.41) is 0.502. The maximum absolute atomic E-state index is 13.2. The molecule has 1 aliphatic rings. The largest absolute Gasteiger partial charge is 0.295 e. The first-order valence-corrected chi connectivity index (χ1v) is 9.74. The highest BCUT2D eigenvalue weighted by atomic mass is 32.2. The summed E-state index contributed by atoms with van der Waals surface area (Å²) in [6.45, 7) is 3.31. The molecule has 0 N–H and O–H groups in total. The van der Waals surface area contributed by atoms with Gasteiger partial charge in [0.2, 0.25) is 5.91 Å². The lowest BCUT2D eigenvalue weighted by molar-refractivity contribution is -0.121. The first-order chi connectivity index (χ1) is 13.5. The standard InChI is InChI=1S/C22H18N2O3S/c1-14-7-5-10-17(13-14)24-20(26)21(28-22(24)27)23(15(2)25)19-12-6-9-16-8-3-4-11-18(16)19/h3-13,21H,1-2H3/t21-/m1/s1. The van der Waals surface area contributed by atoms with E-state index in [4.69, 9.17) is 0 Å². The second-order valence-electron chi connectivity index (χ2n) is 6.64. The van der Waals surface area contributed by atoms with Crippen LogP contribution < -0.4 is 9.80 Å². The molecular formula is C22H18N2O3S. The number of amides is 3. The fourth-order valence-electron chi connectivity index (χ4n) is 3.44. The summed E-state index contributed by atoms with van der Waals surface area (Å²) in [5.74, 6) is -0.704. The second-order valence-corrected chi connectivity index (χ2v) is 7.67. The van der Waals surface area contributed by atoms with Gasteiger partial charge in [-0.25, -0.2) is 4.90 Å². The molecule has 1 aliphatic heterocycles. The second kappa shape index (κ2) is 7.13. The SMILES string of the molecule is CC(=O)N(c1cccc2ccccc12)[C@@H]1SC(=O)N(c2cccc(C)c2)C1=O. The highest BCUT2D eigenvalue weighted by molar-refractivity contribution is 8.16. The number of rotatable bonds is 3. The number of carbonyl (C=O) groups excluding carboxylic acids is 3. The Morgan fingerprint density at radius 3 is 2.46 bits per heavy atom. The van der Waals surface area contributed by atoms with Crippen LogP contribution in [0.3, 0.4) is 0 Å². The Labute approximate surface area is 166 Å². The zero-order valence-electron chi connectivity index (χ0n) is 15.5. The molecule has 0 aliphatic carbocycles. The molecule has 3 aromatic carbocycles. The van der Waals surface area contributed by atoms with Crippen LogP contribution in [0.2, 0.25) is 0 Å². The summed E-state index contributed by atoms with van der Waals surface area (Å²) >= 11 is 0.865. The van der Waals surface area contributed by atoms with Crippen molar-refractivity contribution in [3.63, 3.8) is 0 Å². The number of hydrogen-bond donors (Lipinski definition) is 0. The highest BCUT2D eigenvalue weighted by Crippen LogP contribution is 2.38. The van der Waals surface area contributed by atoms with Crippen LogP contribution in [0.25, 0.3) is 10.8 Å². The molecule has 3 aromatic rings. The summed E-state index contributed by atoms with van der Waals surface area (Å²) in [7, 11) is 0. The smallest absolute Gasteiger partial charge is 0.290 e. The van der Waals surface area contributed by atoms with Crippen molar-refractivity contribution in [3.8, 4) is 0 Å². The first kappa shape index (κ1) is 18.3. The molecule has 0 bridgehead atoms. The molecule has 0 unspecified atom stereocenters. The monoisotopic (exact) mass is 390 g/mol. The lowest BCUT2D eigenvalue weighted by Gasteiger charge is -2.27. The van der Waals surface area contributed by atoms with Gasteiger partial charge in [0.1, 0.15) is 0 Å². The number of aryl methyl sites for hydroxylation is 1. The van der Waals surface area contributed by atoms with Gasteiger partial charge in [0.25, 0.3) is 11.1 Å². The van der Waals surface area contributed by atoms with E-state index in [1.165, 1.54) is 11.8 Å². The van der Waals surface area contributed by atoms with Crippen LogP contribution in [0.1, 0.15) is 12.5 Å². The molecule has 28 heavy (non-hydrogen) atoms. The van der Waals surface area contributed by atoms with Crippen LogP contribution >= 0.6 is 11.8 Å². The summed E-state index contributed by atoms with van der Waals surface area (Å²) in [6, 6.07) is 20.5. The minimum Gasteiger partial charge on any atom is -0.290 e. The molecule has 0 spiro atoms. The van der Waals surface area contributed by atoms with E-state index in [2.05, 4.69) is 0 Å². The zero-order valence-corrected chi connectivity index (χ0v) is 16.3. The molecule has 1 atom stereocenters. The highest BCUT2D eigenvalue weighted by Gasteiger charge is 2.45. The predicted octanol–water partition coefficient (Wildman–Crippen LogP) is 4.73. The van der Waals surface area contributed by atoms with Gasteiger partial charge in [-0.1, -0.05) is 48.5 Å². The van der Waals surface area contributed by atoms with E-state index in [9.17, 15) is 14.4 Å². The van der Waals surface area contributed by atoms with Gasteiger partial charge in [-0.15, -0.1) is 0 Å². The minimum absolute atomic E-state index is 0.291. The molecule has 3 amide bonds. The summed E-state index contributed by atoms with van der Waals surface area (Å²) in [4.78, 5) is 41.0. The van der Waals surface area contributed by atoms with Crippen LogP contribution in [0.15, 0.2) is 66.7 Å². The van der Waals surface area contributed by atoms with Gasteiger partial charge in [-0.2, -0.15) is 0 Å². The van der Waals surface area contributed by atoms with E-state index >= 15 is 0 Å². The Balaban J connectivity index is 1.78. The van der Waals surface area contributed by atoms with Crippen molar-refractivity contribution in [2.45, 2.75) is 19.2 Å². The third kappa shape index (κ3) is 3.05. The fourth-order valence-corrected chi connectivity index (χ4v) is 4.51. The van der Waals surface area contributed by atoms with E-state index in [0.717, 1.165) is 33.0 Å². The van der Waals surface area contributed by atoms with Crippen molar-refractivity contribution in [3.05, 3.63) is 72.3 Å².